The van der Waals surface area contributed by atoms with Gasteiger partial charge in [0.2, 0.25) is 0 Å². The monoisotopic (exact) mass is 335 g/mol. The van der Waals surface area contributed by atoms with Crippen LogP contribution < -0.4 is 5.11 Å². The van der Waals surface area contributed by atoms with Gasteiger partial charge >= 0.3 is 0 Å². The van der Waals surface area contributed by atoms with Crippen molar-refractivity contribution in [2.45, 2.75) is 0 Å². The lowest BCUT2D eigenvalue weighted by atomic mass is 10.2. The maximum absolute atomic E-state index is 12.0. The summed E-state index contributed by atoms with van der Waals surface area (Å²) < 4.78 is 0.808. The average molecular weight is 337 g/mol. The Balaban J connectivity index is 2.33. The van der Waals surface area contributed by atoms with Gasteiger partial charge in [-0.1, -0.05) is 46.3 Å². The molecule has 0 bridgehead atoms. The number of halogens is 2. The molecule has 1 aromatic heterocycles. The molecular weight excluding hydrogens is 328 g/mol. The third kappa shape index (κ3) is 3.43. The van der Waals surface area contributed by atoms with Crippen LogP contribution in [0, 0.1) is 0 Å². The van der Waals surface area contributed by atoms with Gasteiger partial charge in [-0.05, 0) is 35.7 Å². The van der Waals surface area contributed by atoms with Gasteiger partial charge in [-0.25, -0.2) is 9.98 Å². The van der Waals surface area contributed by atoms with Gasteiger partial charge in [-0.3, -0.25) is 0 Å². The second kappa shape index (κ2) is 5.99. The number of benzene rings is 1. The quantitative estimate of drug-likeness (QED) is 0.635. The molecule has 3 nitrogen and oxygen atoms in total. The van der Waals surface area contributed by atoms with Crippen LogP contribution in [0.5, 0.6) is 0 Å². The summed E-state index contributed by atoms with van der Waals surface area (Å²) >= 11 is 9.27. The molecule has 96 valence electrons. The zero-order valence-electron chi connectivity index (χ0n) is 9.81. The summed E-state index contributed by atoms with van der Waals surface area (Å²) in [5.74, 6) is -0.0778. The van der Waals surface area contributed by atoms with Gasteiger partial charge in [0, 0.05) is 21.3 Å². The molecule has 0 saturated heterocycles. The fourth-order valence-electron chi connectivity index (χ4n) is 1.41. The Morgan fingerprint density at radius 1 is 1.37 bits per heavy atom. The van der Waals surface area contributed by atoms with Crippen LogP contribution in [0.25, 0.3) is 6.08 Å². The molecule has 0 N–H and O–H groups in total. The third-order valence-corrected chi connectivity index (χ3v) is 3.19. The Hall–Kier alpha value is -1.65. The van der Waals surface area contributed by atoms with Crippen molar-refractivity contribution in [2.24, 2.45) is 4.99 Å². The van der Waals surface area contributed by atoms with Crippen LogP contribution >= 0.6 is 27.5 Å². The Bertz CT molecular complexity index is 638. The minimum absolute atomic E-state index is 0.342. The van der Waals surface area contributed by atoms with Crippen molar-refractivity contribution in [1.29, 1.82) is 0 Å². The average Bonchev–Trinajstić information content (AvgIpc) is 2.39. The topological polar surface area (TPSA) is 48.3 Å². The molecule has 5 heteroatoms. The van der Waals surface area contributed by atoms with Crippen LogP contribution in [-0.4, -0.2) is 10.9 Å². The number of hydrogen-bond acceptors (Lipinski definition) is 3. The first-order chi connectivity index (χ1) is 9.10. The van der Waals surface area contributed by atoms with Gasteiger partial charge in [0.25, 0.3) is 0 Å². The largest absolute Gasteiger partial charge is 0.858 e. The SMILES string of the molecule is C=Cc1ccc(N=C([O-])c2ccc(Br)cc2Cl)nc1. The van der Waals surface area contributed by atoms with E-state index in [0.717, 1.165) is 10.0 Å². The molecule has 2 aromatic rings. The number of aromatic nitrogens is 1. The predicted molar refractivity (Wildman–Crippen MR) is 79.7 cm³/mol. The van der Waals surface area contributed by atoms with E-state index in [4.69, 9.17) is 11.6 Å². The summed E-state index contributed by atoms with van der Waals surface area (Å²) in [5, 5.41) is 12.3. The van der Waals surface area contributed by atoms with Crippen molar-refractivity contribution in [3.05, 3.63) is 63.7 Å². The first-order valence-corrected chi connectivity index (χ1v) is 6.57. The predicted octanol–water partition coefficient (Wildman–Crippen LogP) is 3.58. The highest BCUT2D eigenvalue weighted by molar-refractivity contribution is 9.10. The Morgan fingerprint density at radius 2 is 2.16 bits per heavy atom. The highest BCUT2D eigenvalue weighted by Gasteiger charge is 2.01. The molecular formula is C14H9BrClN2O-. The van der Waals surface area contributed by atoms with E-state index < -0.39 is 5.90 Å². The van der Waals surface area contributed by atoms with Crippen LogP contribution in [0.2, 0.25) is 5.02 Å². The van der Waals surface area contributed by atoms with E-state index >= 15 is 0 Å². The normalized spacial score (nSPS) is 11.4. The highest BCUT2D eigenvalue weighted by Crippen LogP contribution is 2.22. The number of hydrogen-bond donors (Lipinski definition) is 0. The van der Waals surface area contributed by atoms with Crippen molar-refractivity contribution in [3.63, 3.8) is 0 Å². The summed E-state index contributed by atoms with van der Waals surface area (Å²) in [5.41, 5.74) is 1.22. The minimum atomic E-state index is -0.420. The van der Waals surface area contributed by atoms with Gasteiger partial charge < -0.3 is 5.11 Å². The molecule has 19 heavy (non-hydrogen) atoms. The fraction of sp³-hybridized carbons (Fsp3) is 0. The second-order valence-electron chi connectivity index (χ2n) is 3.69. The summed E-state index contributed by atoms with van der Waals surface area (Å²) in [6.45, 7) is 3.63. The third-order valence-electron chi connectivity index (χ3n) is 2.38. The van der Waals surface area contributed by atoms with Crippen LogP contribution in [0.1, 0.15) is 11.1 Å². The Labute approximate surface area is 124 Å². The maximum atomic E-state index is 12.0. The molecule has 0 atom stereocenters. The zero-order valence-corrected chi connectivity index (χ0v) is 12.1. The molecule has 0 saturated carbocycles. The van der Waals surface area contributed by atoms with Crippen molar-refractivity contribution in [3.8, 4) is 0 Å². The van der Waals surface area contributed by atoms with E-state index in [1.807, 2.05) is 0 Å². The summed E-state index contributed by atoms with van der Waals surface area (Å²) in [6, 6.07) is 8.45. The lowest BCUT2D eigenvalue weighted by Crippen LogP contribution is -2.18. The van der Waals surface area contributed by atoms with Crippen molar-refractivity contribution < 1.29 is 5.11 Å². The first kappa shape index (κ1) is 13.8. The van der Waals surface area contributed by atoms with Gasteiger partial charge in [0.05, 0.1) is 0 Å². The molecule has 0 spiro atoms. The smallest absolute Gasteiger partial charge is 0.151 e. The van der Waals surface area contributed by atoms with Crippen LogP contribution in [0.3, 0.4) is 0 Å². The molecule has 2 rings (SSSR count). The van der Waals surface area contributed by atoms with Crippen LogP contribution in [0.15, 0.2) is 52.6 Å². The summed E-state index contributed by atoms with van der Waals surface area (Å²) in [7, 11) is 0. The number of rotatable bonds is 3. The van der Waals surface area contributed by atoms with E-state index in [9.17, 15) is 5.11 Å². The van der Waals surface area contributed by atoms with Crippen LogP contribution in [-0.2, 0) is 0 Å². The summed E-state index contributed by atoms with van der Waals surface area (Å²) in [4.78, 5) is 7.96. The van der Waals surface area contributed by atoms with Gasteiger partial charge in [0.1, 0.15) is 0 Å². The van der Waals surface area contributed by atoms with E-state index in [-0.39, 0.29) is 0 Å². The van der Waals surface area contributed by atoms with E-state index in [0.29, 0.717) is 16.4 Å². The number of aliphatic imine (C=N–C) groups is 1. The van der Waals surface area contributed by atoms with E-state index in [2.05, 4.69) is 32.5 Å². The standard InChI is InChI=1S/C14H10BrClN2O/c1-2-9-3-6-13(17-8-9)18-14(19)11-5-4-10(15)7-12(11)16/h2-8H,1H2,(H,17,18,19)/p-1. The van der Waals surface area contributed by atoms with E-state index in [1.54, 1.807) is 42.6 Å². The maximum Gasteiger partial charge on any atom is 0.151 e. The molecule has 0 amide bonds. The number of pyridine rings is 1. The van der Waals surface area contributed by atoms with Crippen molar-refractivity contribution in [2.75, 3.05) is 0 Å². The van der Waals surface area contributed by atoms with Gasteiger partial charge in [0.15, 0.2) is 5.82 Å². The number of nitrogens with zero attached hydrogens (tertiary/aromatic N) is 2. The lowest BCUT2D eigenvalue weighted by molar-refractivity contribution is -0.212. The zero-order chi connectivity index (χ0) is 13.8. The van der Waals surface area contributed by atoms with Gasteiger partial charge in [-0.15, -0.1) is 0 Å². The lowest BCUT2D eigenvalue weighted by Gasteiger charge is -2.12. The van der Waals surface area contributed by atoms with Crippen LogP contribution in [0.4, 0.5) is 5.82 Å². The van der Waals surface area contributed by atoms with Gasteiger partial charge in [-0.2, -0.15) is 0 Å². The fourth-order valence-corrected chi connectivity index (χ4v) is 2.17. The molecule has 1 aromatic carbocycles. The van der Waals surface area contributed by atoms with Crippen molar-refractivity contribution >= 4 is 45.3 Å². The highest BCUT2D eigenvalue weighted by atomic mass is 79.9. The molecule has 0 fully saturated rings. The van der Waals surface area contributed by atoms with Crippen molar-refractivity contribution in [1.82, 2.24) is 4.98 Å². The molecule has 0 aliphatic heterocycles. The van der Waals surface area contributed by atoms with E-state index in [1.165, 1.54) is 0 Å². The Morgan fingerprint density at radius 3 is 2.74 bits per heavy atom. The molecule has 0 aliphatic carbocycles. The molecule has 0 aliphatic rings. The molecule has 0 radical (unpaired) electrons. The molecule has 1 heterocycles. The summed E-state index contributed by atoms with van der Waals surface area (Å²) in [6.07, 6.45) is 3.27. The second-order valence-corrected chi connectivity index (χ2v) is 5.02. The minimum Gasteiger partial charge on any atom is -0.858 e. The Kier molecular flexibility index (Phi) is 4.35. The molecule has 0 unspecified atom stereocenters. The first-order valence-electron chi connectivity index (χ1n) is 5.40.